The second-order valence-corrected chi connectivity index (χ2v) is 4.58. The normalized spacial score (nSPS) is 12.7. The summed E-state index contributed by atoms with van der Waals surface area (Å²) in [6.45, 7) is 3.94. The van der Waals surface area contributed by atoms with Crippen LogP contribution >= 0.6 is 11.3 Å². The molecule has 0 aliphatic heterocycles. The molecule has 0 saturated carbocycles. The van der Waals surface area contributed by atoms with E-state index in [4.69, 9.17) is 5.73 Å². The highest BCUT2D eigenvalue weighted by Gasteiger charge is 2.08. The van der Waals surface area contributed by atoms with Gasteiger partial charge in [0.05, 0.1) is 5.69 Å². The summed E-state index contributed by atoms with van der Waals surface area (Å²) in [5.41, 5.74) is 7.71. The fourth-order valence-electron chi connectivity index (χ4n) is 1.28. The molecule has 2 aromatic heterocycles. The van der Waals surface area contributed by atoms with E-state index in [0.29, 0.717) is 0 Å². The Balaban J connectivity index is 2.37. The molecule has 0 bridgehead atoms. The SMILES string of the molecule is Cc1cccc(-c2ncc(C(C)N)s2)n1. The van der Waals surface area contributed by atoms with E-state index in [0.717, 1.165) is 21.3 Å². The number of hydrogen-bond acceptors (Lipinski definition) is 4. The minimum Gasteiger partial charge on any atom is -0.323 e. The lowest BCUT2D eigenvalue weighted by molar-refractivity contribution is 0.835. The van der Waals surface area contributed by atoms with Crippen LogP contribution in [0.4, 0.5) is 0 Å². The van der Waals surface area contributed by atoms with Gasteiger partial charge in [0.2, 0.25) is 0 Å². The van der Waals surface area contributed by atoms with E-state index in [1.54, 1.807) is 11.3 Å². The van der Waals surface area contributed by atoms with Crippen molar-refractivity contribution in [3.05, 3.63) is 35.0 Å². The van der Waals surface area contributed by atoms with Gasteiger partial charge in [0, 0.05) is 22.8 Å². The van der Waals surface area contributed by atoms with Gasteiger partial charge in [-0.1, -0.05) is 6.07 Å². The van der Waals surface area contributed by atoms with Crippen LogP contribution in [-0.4, -0.2) is 9.97 Å². The first-order chi connectivity index (χ1) is 7.16. The third-order valence-electron chi connectivity index (χ3n) is 2.08. The van der Waals surface area contributed by atoms with Crippen molar-refractivity contribution in [2.75, 3.05) is 0 Å². The van der Waals surface area contributed by atoms with Gasteiger partial charge in [0.1, 0.15) is 5.01 Å². The smallest absolute Gasteiger partial charge is 0.142 e. The average molecular weight is 219 g/mol. The number of nitrogens with two attached hydrogens (primary N) is 1. The van der Waals surface area contributed by atoms with E-state index >= 15 is 0 Å². The summed E-state index contributed by atoms with van der Waals surface area (Å²) in [6.07, 6.45) is 1.83. The van der Waals surface area contributed by atoms with E-state index < -0.39 is 0 Å². The molecule has 0 spiro atoms. The molecule has 3 nitrogen and oxygen atoms in total. The topological polar surface area (TPSA) is 51.8 Å². The number of hydrogen-bond donors (Lipinski definition) is 1. The standard InChI is InChI=1S/C11H13N3S/c1-7-4-3-5-9(14-7)11-13-6-10(15-11)8(2)12/h3-6,8H,12H2,1-2H3. The van der Waals surface area contributed by atoms with E-state index in [-0.39, 0.29) is 6.04 Å². The Hall–Kier alpha value is -1.26. The van der Waals surface area contributed by atoms with Crippen LogP contribution in [0.5, 0.6) is 0 Å². The van der Waals surface area contributed by atoms with Crippen LogP contribution in [0.2, 0.25) is 0 Å². The largest absolute Gasteiger partial charge is 0.323 e. The molecule has 1 atom stereocenters. The summed E-state index contributed by atoms with van der Waals surface area (Å²) in [5, 5.41) is 0.936. The van der Waals surface area contributed by atoms with Crippen molar-refractivity contribution in [3.63, 3.8) is 0 Å². The molecule has 2 rings (SSSR count). The highest BCUT2D eigenvalue weighted by atomic mass is 32.1. The van der Waals surface area contributed by atoms with Gasteiger partial charge in [0.15, 0.2) is 0 Å². The molecule has 2 N–H and O–H groups in total. The predicted molar refractivity (Wildman–Crippen MR) is 62.7 cm³/mol. The molecule has 4 heteroatoms. The molecular formula is C11H13N3S. The van der Waals surface area contributed by atoms with Crippen molar-refractivity contribution in [1.29, 1.82) is 0 Å². The van der Waals surface area contributed by atoms with Crippen molar-refractivity contribution in [2.24, 2.45) is 5.73 Å². The van der Waals surface area contributed by atoms with E-state index in [2.05, 4.69) is 9.97 Å². The van der Waals surface area contributed by atoms with Gasteiger partial charge >= 0.3 is 0 Å². The zero-order valence-electron chi connectivity index (χ0n) is 8.77. The van der Waals surface area contributed by atoms with E-state index in [9.17, 15) is 0 Å². The summed E-state index contributed by atoms with van der Waals surface area (Å²) in [7, 11) is 0. The van der Waals surface area contributed by atoms with E-state index in [1.165, 1.54) is 0 Å². The molecule has 15 heavy (non-hydrogen) atoms. The second kappa shape index (κ2) is 4.08. The minimum atomic E-state index is 0.0426. The van der Waals surface area contributed by atoms with Gasteiger partial charge in [-0.15, -0.1) is 11.3 Å². The molecule has 0 aliphatic rings. The highest BCUT2D eigenvalue weighted by Crippen LogP contribution is 2.26. The lowest BCUT2D eigenvalue weighted by atomic mass is 10.3. The number of nitrogens with zero attached hydrogens (tertiary/aromatic N) is 2. The predicted octanol–water partition coefficient (Wildman–Crippen LogP) is 2.53. The van der Waals surface area contributed by atoms with Crippen LogP contribution in [0.15, 0.2) is 24.4 Å². The Morgan fingerprint density at radius 3 is 2.80 bits per heavy atom. The molecule has 0 fully saturated rings. The maximum absolute atomic E-state index is 5.79. The van der Waals surface area contributed by atoms with Crippen molar-refractivity contribution in [2.45, 2.75) is 19.9 Å². The summed E-state index contributed by atoms with van der Waals surface area (Å²) < 4.78 is 0. The number of aryl methyl sites for hydroxylation is 1. The summed E-state index contributed by atoms with van der Waals surface area (Å²) in [6, 6.07) is 5.98. The third kappa shape index (κ3) is 2.22. The maximum Gasteiger partial charge on any atom is 0.142 e. The van der Waals surface area contributed by atoms with Crippen LogP contribution < -0.4 is 5.73 Å². The van der Waals surface area contributed by atoms with Crippen molar-refractivity contribution < 1.29 is 0 Å². The second-order valence-electron chi connectivity index (χ2n) is 3.52. The average Bonchev–Trinajstić information content (AvgIpc) is 2.66. The molecule has 1 unspecified atom stereocenters. The number of aromatic nitrogens is 2. The maximum atomic E-state index is 5.79. The molecule has 2 heterocycles. The van der Waals surface area contributed by atoms with E-state index in [1.807, 2.05) is 38.2 Å². The highest BCUT2D eigenvalue weighted by molar-refractivity contribution is 7.15. The fraction of sp³-hybridized carbons (Fsp3) is 0.273. The molecule has 2 aromatic rings. The molecule has 0 amide bonds. The van der Waals surface area contributed by atoms with Gasteiger partial charge in [-0.25, -0.2) is 4.98 Å². The van der Waals surface area contributed by atoms with Crippen molar-refractivity contribution in [1.82, 2.24) is 9.97 Å². The van der Waals surface area contributed by atoms with Gasteiger partial charge in [0.25, 0.3) is 0 Å². The van der Waals surface area contributed by atoms with Gasteiger partial charge in [-0.3, -0.25) is 4.98 Å². The molecule has 0 aliphatic carbocycles. The zero-order valence-corrected chi connectivity index (χ0v) is 9.58. The molecule has 0 saturated heterocycles. The van der Waals surface area contributed by atoms with Gasteiger partial charge in [-0.2, -0.15) is 0 Å². The number of pyridine rings is 1. The number of thiazole rings is 1. The summed E-state index contributed by atoms with van der Waals surface area (Å²) >= 11 is 1.60. The van der Waals surface area contributed by atoms with Gasteiger partial charge < -0.3 is 5.73 Å². The van der Waals surface area contributed by atoms with Crippen LogP contribution in [-0.2, 0) is 0 Å². The van der Waals surface area contributed by atoms with Crippen LogP contribution in [0.25, 0.3) is 10.7 Å². The zero-order chi connectivity index (χ0) is 10.8. The Kier molecular flexibility index (Phi) is 2.79. The Labute approximate surface area is 93.0 Å². The first kappa shape index (κ1) is 10.3. The minimum absolute atomic E-state index is 0.0426. The molecular weight excluding hydrogens is 206 g/mol. The van der Waals surface area contributed by atoms with Crippen LogP contribution in [0, 0.1) is 6.92 Å². The van der Waals surface area contributed by atoms with Crippen LogP contribution in [0.1, 0.15) is 23.5 Å². The number of rotatable bonds is 2. The Bertz CT molecular complexity index is 462. The fourth-order valence-corrected chi connectivity index (χ4v) is 2.12. The lowest BCUT2D eigenvalue weighted by Gasteiger charge is -1.98. The third-order valence-corrected chi connectivity index (χ3v) is 3.30. The lowest BCUT2D eigenvalue weighted by Crippen LogP contribution is -2.01. The molecule has 78 valence electrons. The quantitative estimate of drug-likeness (QED) is 0.844. The van der Waals surface area contributed by atoms with Gasteiger partial charge in [-0.05, 0) is 26.0 Å². The molecule has 0 radical (unpaired) electrons. The molecule has 0 aromatic carbocycles. The summed E-state index contributed by atoms with van der Waals surface area (Å²) in [4.78, 5) is 9.84. The van der Waals surface area contributed by atoms with Crippen molar-refractivity contribution >= 4 is 11.3 Å². The van der Waals surface area contributed by atoms with Crippen LogP contribution in [0.3, 0.4) is 0 Å². The first-order valence-electron chi connectivity index (χ1n) is 4.82. The van der Waals surface area contributed by atoms with Crippen molar-refractivity contribution in [3.8, 4) is 10.7 Å². The first-order valence-corrected chi connectivity index (χ1v) is 5.64. The monoisotopic (exact) mass is 219 g/mol. The Morgan fingerprint density at radius 1 is 1.40 bits per heavy atom. The summed E-state index contributed by atoms with van der Waals surface area (Å²) in [5.74, 6) is 0. The Morgan fingerprint density at radius 2 is 2.20 bits per heavy atom.